The predicted octanol–water partition coefficient (Wildman–Crippen LogP) is 0.379. The number of rotatable bonds is 6. The molecule has 0 saturated carbocycles. The number of hydrogen-bond acceptors (Lipinski definition) is 6. The minimum atomic E-state index is -3.84. The van der Waals surface area contributed by atoms with Crippen molar-refractivity contribution in [2.75, 3.05) is 26.2 Å². The lowest BCUT2D eigenvalue weighted by molar-refractivity contribution is -0.385. The first-order chi connectivity index (χ1) is 11.8. The van der Waals surface area contributed by atoms with Crippen LogP contribution in [0.25, 0.3) is 0 Å². The summed E-state index contributed by atoms with van der Waals surface area (Å²) in [5, 5.41) is 13.6. The van der Waals surface area contributed by atoms with Crippen molar-refractivity contribution in [3.63, 3.8) is 0 Å². The number of amides is 1. The molecule has 3 N–H and O–H groups in total. The van der Waals surface area contributed by atoms with E-state index in [4.69, 9.17) is 5.73 Å². The van der Waals surface area contributed by atoms with Gasteiger partial charge in [0.1, 0.15) is 0 Å². The van der Waals surface area contributed by atoms with Gasteiger partial charge in [-0.3, -0.25) is 14.9 Å². The van der Waals surface area contributed by atoms with Crippen molar-refractivity contribution in [2.24, 2.45) is 11.7 Å². The molecule has 1 saturated heterocycles. The second kappa shape index (κ2) is 7.89. The molecule has 1 aliphatic heterocycles. The van der Waals surface area contributed by atoms with Crippen LogP contribution in [0.1, 0.15) is 18.4 Å². The standard InChI is InChI=1S/C15H22N4O5S/c1-11-2-3-13(19(21)22)10-14(11)25(23,24)18-8-4-12(5-9-18)15(20)17-7-6-16/h2-3,10,12H,4-9,16H2,1H3,(H,17,20). The lowest BCUT2D eigenvalue weighted by Gasteiger charge is -2.30. The van der Waals surface area contributed by atoms with Crippen molar-refractivity contribution in [3.05, 3.63) is 33.9 Å². The monoisotopic (exact) mass is 370 g/mol. The maximum Gasteiger partial charge on any atom is 0.270 e. The summed E-state index contributed by atoms with van der Waals surface area (Å²) >= 11 is 0. The molecular weight excluding hydrogens is 348 g/mol. The normalized spacial score (nSPS) is 16.6. The highest BCUT2D eigenvalue weighted by atomic mass is 32.2. The van der Waals surface area contributed by atoms with E-state index in [1.165, 1.54) is 16.4 Å². The molecule has 1 aromatic carbocycles. The number of piperidine rings is 1. The number of carbonyl (C=O) groups excluding carboxylic acids is 1. The van der Waals surface area contributed by atoms with Crippen LogP contribution in [-0.2, 0) is 14.8 Å². The Bertz CT molecular complexity index is 757. The third kappa shape index (κ3) is 4.33. The molecule has 138 valence electrons. The minimum absolute atomic E-state index is 0.0623. The molecular formula is C15H22N4O5S. The van der Waals surface area contributed by atoms with Crippen LogP contribution in [0, 0.1) is 23.0 Å². The van der Waals surface area contributed by atoms with E-state index in [0.717, 1.165) is 6.07 Å². The molecule has 25 heavy (non-hydrogen) atoms. The van der Waals surface area contributed by atoms with Gasteiger partial charge in [0.25, 0.3) is 5.69 Å². The Labute approximate surface area is 146 Å². The first-order valence-corrected chi connectivity index (χ1v) is 9.44. The van der Waals surface area contributed by atoms with Crippen LogP contribution in [0.2, 0.25) is 0 Å². The van der Waals surface area contributed by atoms with Gasteiger partial charge in [0.2, 0.25) is 15.9 Å². The molecule has 10 heteroatoms. The number of benzene rings is 1. The Balaban J connectivity index is 2.13. The topological polar surface area (TPSA) is 136 Å². The quantitative estimate of drug-likeness (QED) is 0.549. The molecule has 0 radical (unpaired) electrons. The summed E-state index contributed by atoms with van der Waals surface area (Å²) in [5.74, 6) is -0.363. The summed E-state index contributed by atoms with van der Waals surface area (Å²) in [7, 11) is -3.84. The van der Waals surface area contributed by atoms with E-state index in [0.29, 0.717) is 31.5 Å². The van der Waals surface area contributed by atoms with Crippen molar-refractivity contribution in [1.29, 1.82) is 0 Å². The van der Waals surface area contributed by atoms with Gasteiger partial charge in [0, 0.05) is 44.2 Å². The SMILES string of the molecule is Cc1ccc([N+](=O)[O-])cc1S(=O)(=O)N1CCC(C(=O)NCCN)CC1. The van der Waals surface area contributed by atoms with Crippen LogP contribution in [0.3, 0.4) is 0 Å². The Morgan fingerprint density at radius 3 is 2.60 bits per heavy atom. The number of hydrogen-bond donors (Lipinski definition) is 2. The van der Waals surface area contributed by atoms with E-state index in [-0.39, 0.29) is 35.5 Å². The molecule has 9 nitrogen and oxygen atoms in total. The molecule has 0 spiro atoms. The Morgan fingerprint density at radius 1 is 1.40 bits per heavy atom. The average molecular weight is 370 g/mol. The predicted molar refractivity (Wildman–Crippen MR) is 91.4 cm³/mol. The van der Waals surface area contributed by atoms with Crippen molar-refractivity contribution >= 4 is 21.6 Å². The molecule has 1 aliphatic rings. The van der Waals surface area contributed by atoms with Gasteiger partial charge in [-0.15, -0.1) is 0 Å². The third-order valence-corrected chi connectivity index (χ3v) is 6.31. The maximum absolute atomic E-state index is 12.8. The molecule has 1 aromatic rings. The molecule has 0 aliphatic carbocycles. The zero-order valence-corrected chi connectivity index (χ0v) is 14.8. The number of nitrogens with one attached hydrogen (secondary N) is 1. The van der Waals surface area contributed by atoms with Crippen molar-refractivity contribution < 1.29 is 18.1 Å². The third-order valence-electron chi connectivity index (χ3n) is 4.27. The highest BCUT2D eigenvalue weighted by Crippen LogP contribution is 2.28. The number of aryl methyl sites for hydroxylation is 1. The summed E-state index contributed by atoms with van der Waals surface area (Å²) in [6, 6.07) is 3.80. The number of carbonyl (C=O) groups is 1. The van der Waals surface area contributed by atoms with Gasteiger partial charge in [-0.1, -0.05) is 6.07 Å². The van der Waals surface area contributed by atoms with Gasteiger partial charge in [-0.25, -0.2) is 8.42 Å². The highest BCUT2D eigenvalue weighted by molar-refractivity contribution is 7.89. The van der Waals surface area contributed by atoms with E-state index >= 15 is 0 Å². The van der Waals surface area contributed by atoms with Gasteiger partial charge >= 0.3 is 0 Å². The molecule has 1 heterocycles. The molecule has 0 bridgehead atoms. The van der Waals surface area contributed by atoms with Crippen LogP contribution in [0.5, 0.6) is 0 Å². The number of nitrogens with two attached hydrogens (primary N) is 1. The van der Waals surface area contributed by atoms with Crippen molar-refractivity contribution in [2.45, 2.75) is 24.7 Å². The zero-order valence-electron chi connectivity index (χ0n) is 14.0. The Kier molecular flexibility index (Phi) is 6.09. The van der Waals surface area contributed by atoms with Crippen LogP contribution >= 0.6 is 0 Å². The van der Waals surface area contributed by atoms with Gasteiger partial charge in [0.15, 0.2) is 0 Å². The summed E-state index contributed by atoms with van der Waals surface area (Å²) in [4.78, 5) is 22.2. The maximum atomic E-state index is 12.8. The second-order valence-electron chi connectivity index (χ2n) is 5.96. The first-order valence-electron chi connectivity index (χ1n) is 8.00. The first kappa shape index (κ1) is 19.3. The van der Waals surface area contributed by atoms with Gasteiger partial charge in [-0.05, 0) is 25.3 Å². The van der Waals surface area contributed by atoms with Crippen LogP contribution in [0.15, 0.2) is 23.1 Å². The smallest absolute Gasteiger partial charge is 0.270 e. The van der Waals surface area contributed by atoms with Crippen LogP contribution < -0.4 is 11.1 Å². The van der Waals surface area contributed by atoms with Crippen molar-refractivity contribution in [3.8, 4) is 0 Å². The second-order valence-corrected chi connectivity index (χ2v) is 7.87. The number of nitrogens with zero attached hydrogens (tertiary/aromatic N) is 2. The summed E-state index contributed by atoms with van der Waals surface area (Å²) in [6.45, 7) is 2.75. The fourth-order valence-corrected chi connectivity index (χ4v) is 4.53. The van der Waals surface area contributed by atoms with Crippen LogP contribution in [0.4, 0.5) is 5.69 Å². The van der Waals surface area contributed by atoms with E-state index in [9.17, 15) is 23.3 Å². The van der Waals surface area contributed by atoms with Gasteiger partial charge in [0.05, 0.1) is 9.82 Å². The molecule has 1 amide bonds. The number of sulfonamides is 1. The molecule has 0 unspecified atom stereocenters. The molecule has 1 fully saturated rings. The Morgan fingerprint density at radius 2 is 2.04 bits per heavy atom. The van der Waals surface area contributed by atoms with Gasteiger partial charge < -0.3 is 11.1 Å². The minimum Gasteiger partial charge on any atom is -0.355 e. The summed E-state index contributed by atoms with van der Waals surface area (Å²) in [6.07, 6.45) is 0.813. The largest absolute Gasteiger partial charge is 0.355 e. The van der Waals surface area contributed by atoms with Crippen molar-refractivity contribution in [1.82, 2.24) is 9.62 Å². The zero-order chi connectivity index (χ0) is 18.6. The van der Waals surface area contributed by atoms with Crippen LogP contribution in [-0.4, -0.2) is 49.7 Å². The number of nitro benzene ring substituents is 1. The van der Waals surface area contributed by atoms with Gasteiger partial charge in [-0.2, -0.15) is 4.31 Å². The number of nitro groups is 1. The highest BCUT2D eigenvalue weighted by Gasteiger charge is 2.33. The summed E-state index contributed by atoms with van der Waals surface area (Å²) < 4.78 is 26.9. The average Bonchev–Trinajstić information content (AvgIpc) is 2.59. The molecule has 0 atom stereocenters. The molecule has 0 aromatic heterocycles. The van der Waals surface area contributed by atoms with E-state index < -0.39 is 14.9 Å². The fraction of sp³-hybridized carbons (Fsp3) is 0.533. The lowest BCUT2D eigenvalue weighted by atomic mass is 9.97. The number of non-ortho nitro benzene ring substituents is 1. The fourth-order valence-electron chi connectivity index (χ4n) is 2.82. The Hall–Kier alpha value is -2.04. The van der Waals surface area contributed by atoms with E-state index in [1.54, 1.807) is 6.92 Å². The lowest BCUT2D eigenvalue weighted by Crippen LogP contribution is -2.43. The van der Waals surface area contributed by atoms with E-state index in [2.05, 4.69) is 5.32 Å². The van der Waals surface area contributed by atoms with E-state index in [1.807, 2.05) is 0 Å². The summed E-state index contributed by atoms with van der Waals surface area (Å²) in [5.41, 5.74) is 5.54. The molecule has 2 rings (SSSR count).